The molecule has 0 aromatic carbocycles. The molecule has 0 nitrogen and oxygen atoms in total. The molecule has 0 aliphatic heterocycles. The van der Waals surface area contributed by atoms with Gasteiger partial charge in [-0.25, -0.2) is 0 Å². The highest BCUT2D eigenvalue weighted by atomic mass is 14.3. The second-order valence-corrected chi connectivity index (χ2v) is 7.72. The summed E-state index contributed by atoms with van der Waals surface area (Å²) in [5.74, 6) is 1.65. The molecule has 2 unspecified atom stereocenters. The molecule has 1 saturated carbocycles. The number of hydrogen-bond donors (Lipinski definition) is 0. The molecule has 0 radical (unpaired) electrons. The third-order valence-corrected chi connectivity index (χ3v) is 6.09. The molecular formula is C26H28B-. The van der Waals surface area contributed by atoms with Crippen molar-refractivity contribution in [1.29, 1.82) is 0 Å². The van der Waals surface area contributed by atoms with Gasteiger partial charge < -0.3 is 0 Å². The fourth-order valence-electron chi connectivity index (χ4n) is 4.60. The van der Waals surface area contributed by atoms with E-state index < -0.39 is 0 Å². The molecule has 6 aliphatic rings. The predicted molar refractivity (Wildman–Crippen MR) is 122 cm³/mol. The van der Waals surface area contributed by atoms with Crippen LogP contribution in [0.15, 0.2) is 90.1 Å². The number of hydrogen-bond acceptors (Lipinski definition) is 0. The van der Waals surface area contributed by atoms with E-state index in [9.17, 15) is 0 Å². The lowest BCUT2D eigenvalue weighted by Gasteiger charge is -2.09. The van der Waals surface area contributed by atoms with Crippen molar-refractivity contribution in [3.8, 4) is 11.1 Å². The molecule has 0 amide bonds. The Morgan fingerprint density at radius 2 is 1.70 bits per heavy atom. The molecule has 0 saturated heterocycles. The van der Waals surface area contributed by atoms with Crippen LogP contribution < -0.4 is 0 Å². The molecule has 0 aromatic rings. The Morgan fingerprint density at radius 3 is 2.67 bits per heavy atom. The van der Waals surface area contributed by atoms with Gasteiger partial charge in [-0.05, 0) is 70.6 Å². The van der Waals surface area contributed by atoms with Crippen LogP contribution in [0.1, 0.15) is 30.4 Å². The molecule has 0 aromatic heterocycles. The van der Waals surface area contributed by atoms with Crippen molar-refractivity contribution in [3.63, 3.8) is 0 Å². The minimum Gasteiger partial charge on any atom is -0.0802 e. The predicted octanol–water partition coefficient (Wildman–Crippen LogP) is 5.30. The Morgan fingerprint density at radius 1 is 0.815 bits per heavy atom. The van der Waals surface area contributed by atoms with Gasteiger partial charge in [-0.1, -0.05) is 93.8 Å². The summed E-state index contributed by atoms with van der Waals surface area (Å²) in [4.78, 5) is 0. The van der Waals surface area contributed by atoms with E-state index in [0.717, 1.165) is 18.3 Å². The number of rotatable bonds is 0. The first kappa shape index (κ1) is 17.9. The third-order valence-electron chi connectivity index (χ3n) is 6.09. The molecule has 6 aliphatic carbocycles. The van der Waals surface area contributed by atoms with Crippen LogP contribution in [-0.2, 0) is 6.42 Å². The van der Waals surface area contributed by atoms with E-state index in [1.807, 2.05) is 0 Å². The Labute approximate surface area is 164 Å². The van der Waals surface area contributed by atoms with E-state index in [4.69, 9.17) is 0 Å². The summed E-state index contributed by atoms with van der Waals surface area (Å²) in [5, 5.41) is 0. The average molecular weight is 351 g/mol. The molecule has 0 spiro atoms. The lowest BCUT2D eigenvalue weighted by Crippen LogP contribution is -2.00. The van der Waals surface area contributed by atoms with Crippen LogP contribution in [0, 0.1) is 11.8 Å². The van der Waals surface area contributed by atoms with Gasteiger partial charge in [-0.3, -0.25) is 0 Å². The van der Waals surface area contributed by atoms with Gasteiger partial charge in [-0.15, -0.1) is 0 Å². The standard InChI is InChI=1S/C13H14.C13H10.BH4/c2*1-3-10-7-8-11-4-2-6-13(11)9-12(10)5-1;/h1,3,5,7-9,11,13H,2,4,6H2;1-3,5-9H,4H2;1H4/q;;-1. The van der Waals surface area contributed by atoms with Crippen molar-refractivity contribution >= 4 is 14.5 Å². The minimum absolute atomic E-state index is 0. The van der Waals surface area contributed by atoms with Gasteiger partial charge >= 0.3 is 0 Å². The van der Waals surface area contributed by atoms with Crippen LogP contribution in [0.25, 0.3) is 17.2 Å². The van der Waals surface area contributed by atoms with Crippen LogP contribution in [-0.4, -0.2) is 8.41 Å². The third kappa shape index (κ3) is 3.51. The van der Waals surface area contributed by atoms with Gasteiger partial charge in [0, 0.05) is 0 Å². The van der Waals surface area contributed by atoms with E-state index in [2.05, 4.69) is 85.0 Å². The van der Waals surface area contributed by atoms with Gasteiger partial charge in [0.1, 0.15) is 0 Å². The fraction of sp³-hybridized carbons (Fsp3) is 0.231. The highest BCUT2D eigenvalue weighted by molar-refractivity contribution is 5.75. The first-order chi connectivity index (χ1) is 12.9. The van der Waals surface area contributed by atoms with Crippen LogP contribution >= 0.6 is 0 Å². The molecule has 136 valence electrons. The molecule has 2 atom stereocenters. The Bertz CT molecular complexity index is 954. The molecule has 1 fully saturated rings. The largest absolute Gasteiger partial charge is 0.0802 e. The van der Waals surface area contributed by atoms with Crippen molar-refractivity contribution in [3.05, 3.63) is 101 Å². The first-order valence-corrected chi connectivity index (χ1v) is 9.84. The van der Waals surface area contributed by atoms with Crippen LogP contribution in [0.5, 0.6) is 0 Å². The van der Waals surface area contributed by atoms with Crippen LogP contribution in [0.3, 0.4) is 0 Å². The van der Waals surface area contributed by atoms with Crippen molar-refractivity contribution in [2.24, 2.45) is 11.8 Å². The SMILES string of the molecule is C1=CC2=CC3CCCC3C=CC2=C1.C1=Cc2cc3cccc-3ccc2C1.[BH4-]. The second kappa shape index (κ2) is 7.60. The summed E-state index contributed by atoms with van der Waals surface area (Å²) in [7, 11) is 0. The molecule has 1 heteroatoms. The maximum absolute atomic E-state index is 2.48. The Balaban J connectivity index is 0.000000129. The maximum Gasteiger partial charge on any atom is -0.00882 e. The van der Waals surface area contributed by atoms with Crippen molar-refractivity contribution in [2.75, 3.05) is 0 Å². The summed E-state index contributed by atoms with van der Waals surface area (Å²) >= 11 is 0. The zero-order chi connectivity index (χ0) is 17.3. The van der Waals surface area contributed by atoms with Gasteiger partial charge in [-0.2, -0.15) is 0 Å². The summed E-state index contributed by atoms with van der Waals surface area (Å²) in [5.41, 5.74) is 8.35. The van der Waals surface area contributed by atoms with Gasteiger partial charge in [0.2, 0.25) is 0 Å². The highest BCUT2D eigenvalue weighted by Gasteiger charge is 2.25. The van der Waals surface area contributed by atoms with Crippen molar-refractivity contribution in [1.82, 2.24) is 0 Å². The summed E-state index contributed by atoms with van der Waals surface area (Å²) in [6.07, 6.45) is 23.5. The molecule has 0 bridgehead atoms. The van der Waals surface area contributed by atoms with Crippen molar-refractivity contribution < 1.29 is 0 Å². The average Bonchev–Trinajstić information content (AvgIpc) is 3.43. The van der Waals surface area contributed by atoms with Crippen molar-refractivity contribution in [2.45, 2.75) is 25.7 Å². The normalized spacial score (nSPS) is 23.4. The summed E-state index contributed by atoms with van der Waals surface area (Å²) < 4.78 is 0. The number of allylic oxidation sites excluding steroid dienone is 9. The lowest BCUT2D eigenvalue weighted by atomic mass is 9.95. The topological polar surface area (TPSA) is 0 Å². The summed E-state index contributed by atoms with van der Waals surface area (Å²) in [6.45, 7) is 0. The quantitative estimate of drug-likeness (QED) is 0.565. The molecule has 6 rings (SSSR count). The lowest BCUT2D eigenvalue weighted by molar-refractivity contribution is 0.559. The fourth-order valence-corrected chi connectivity index (χ4v) is 4.60. The zero-order valence-corrected chi connectivity index (χ0v) is 15.1. The molecule has 27 heavy (non-hydrogen) atoms. The van der Waals surface area contributed by atoms with E-state index in [-0.39, 0.29) is 8.41 Å². The van der Waals surface area contributed by atoms with E-state index >= 15 is 0 Å². The molecule has 0 heterocycles. The highest BCUT2D eigenvalue weighted by Crippen LogP contribution is 2.38. The smallest absolute Gasteiger partial charge is 0.00882 e. The number of fused-ring (bicyclic) bond motifs is 4. The zero-order valence-electron chi connectivity index (χ0n) is 15.1. The monoisotopic (exact) mass is 351 g/mol. The van der Waals surface area contributed by atoms with Crippen LogP contribution in [0.4, 0.5) is 0 Å². The van der Waals surface area contributed by atoms with Gasteiger partial charge in [0.05, 0.1) is 0 Å². The Hall–Kier alpha value is -2.54. The van der Waals surface area contributed by atoms with Gasteiger partial charge in [0.25, 0.3) is 0 Å². The molecular weight excluding hydrogens is 323 g/mol. The Kier molecular flexibility index (Phi) is 5.03. The maximum atomic E-state index is 2.48. The van der Waals surface area contributed by atoms with E-state index in [0.29, 0.717) is 0 Å². The van der Waals surface area contributed by atoms with Crippen LogP contribution in [0.2, 0.25) is 0 Å². The van der Waals surface area contributed by atoms with Gasteiger partial charge in [0.15, 0.2) is 0 Å². The first-order valence-electron chi connectivity index (χ1n) is 9.84. The minimum atomic E-state index is 0. The van der Waals surface area contributed by atoms with E-state index in [1.165, 1.54) is 52.7 Å². The second-order valence-electron chi connectivity index (χ2n) is 7.72. The molecule has 0 N–H and O–H groups in total. The summed E-state index contributed by atoms with van der Waals surface area (Å²) in [6, 6.07) is 13.2. The van der Waals surface area contributed by atoms with E-state index in [1.54, 1.807) is 0 Å².